The number of esters is 9. The fourth-order valence-electron chi connectivity index (χ4n) is 3.37. The molecule has 0 aromatic heterocycles. The monoisotopic (exact) mass is 726 g/mol. The smallest absolute Gasteiger partial charge is 0.347 e. The van der Waals surface area contributed by atoms with Crippen molar-refractivity contribution in [2.24, 2.45) is 0 Å². The maximum absolute atomic E-state index is 12.4. The van der Waals surface area contributed by atoms with Crippen molar-refractivity contribution in [3.8, 4) is 0 Å². The average Bonchev–Trinajstić information content (AvgIpc) is 3.06. The lowest BCUT2D eigenvalue weighted by atomic mass is 10.2. The van der Waals surface area contributed by atoms with Crippen LogP contribution < -0.4 is 0 Å². The number of hydrogen-bond donors (Lipinski definition) is 0. The zero-order valence-corrected chi connectivity index (χ0v) is 29.6. The molecule has 0 heterocycles. The van der Waals surface area contributed by atoms with Gasteiger partial charge in [0.25, 0.3) is 0 Å². The highest BCUT2D eigenvalue weighted by atomic mass is 16.7. The molecule has 0 saturated heterocycles. The highest BCUT2D eigenvalue weighted by Gasteiger charge is 2.33. The minimum Gasteiger partial charge on any atom is -0.458 e. The van der Waals surface area contributed by atoms with Crippen LogP contribution in [0.2, 0.25) is 0 Å². The number of carbonyl (C=O) groups excluding carboxylic acids is 9. The van der Waals surface area contributed by atoms with Crippen LogP contribution in [-0.4, -0.2) is 103 Å². The van der Waals surface area contributed by atoms with Gasteiger partial charge in [0.1, 0.15) is 6.61 Å². The quantitative estimate of drug-likeness (QED) is 0.153. The highest BCUT2D eigenvalue weighted by molar-refractivity contribution is 5.88. The van der Waals surface area contributed by atoms with Gasteiger partial charge >= 0.3 is 53.7 Å². The molecule has 0 N–H and O–H groups in total. The van der Waals surface area contributed by atoms with Crippen LogP contribution in [0.1, 0.15) is 67.9 Å². The number of ether oxygens (including phenoxy) is 9. The molecule has 0 saturated carbocycles. The zero-order valence-electron chi connectivity index (χ0n) is 29.6. The highest BCUT2D eigenvalue weighted by Crippen LogP contribution is 2.10. The predicted octanol–water partition coefficient (Wildman–Crippen LogP) is 1.20. The van der Waals surface area contributed by atoms with E-state index in [-0.39, 0.29) is 6.61 Å². The number of benzene rings is 1. The molecule has 1 aromatic carbocycles. The van der Waals surface area contributed by atoms with Crippen molar-refractivity contribution in [1.29, 1.82) is 0 Å². The second-order valence-corrected chi connectivity index (χ2v) is 10.9. The summed E-state index contributed by atoms with van der Waals surface area (Å²) in [6.07, 6.45) is -12.0. The molecule has 282 valence electrons. The topological polar surface area (TPSA) is 237 Å². The van der Waals surface area contributed by atoms with Crippen molar-refractivity contribution in [3.05, 3.63) is 35.9 Å². The largest absolute Gasteiger partial charge is 0.458 e. The molecule has 18 nitrogen and oxygen atoms in total. The van der Waals surface area contributed by atoms with Gasteiger partial charge in [0.15, 0.2) is 48.8 Å². The van der Waals surface area contributed by atoms with Gasteiger partial charge in [-0.2, -0.15) is 0 Å². The van der Waals surface area contributed by atoms with Gasteiger partial charge in [-0.1, -0.05) is 30.3 Å². The summed E-state index contributed by atoms with van der Waals surface area (Å²) >= 11 is 0. The third kappa shape index (κ3) is 15.7. The lowest BCUT2D eigenvalue weighted by Crippen LogP contribution is -2.39. The Bertz CT molecular complexity index is 1420. The minimum atomic E-state index is -1.61. The van der Waals surface area contributed by atoms with E-state index in [2.05, 4.69) is 4.74 Å². The number of rotatable bonds is 18. The van der Waals surface area contributed by atoms with Crippen molar-refractivity contribution < 1.29 is 85.8 Å². The third-order valence-corrected chi connectivity index (χ3v) is 6.27. The molecule has 0 bridgehead atoms. The van der Waals surface area contributed by atoms with Gasteiger partial charge in [-0.05, 0) is 61.0 Å². The lowest BCUT2D eigenvalue weighted by Gasteiger charge is -2.21. The van der Waals surface area contributed by atoms with Crippen LogP contribution in [0, 0.1) is 0 Å². The summed E-state index contributed by atoms with van der Waals surface area (Å²) in [6.45, 7) is 10.2. The Balaban J connectivity index is 2.51. The third-order valence-electron chi connectivity index (χ3n) is 6.27. The fourth-order valence-corrected chi connectivity index (χ4v) is 3.37. The van der Waals surface area contributed by atoms with E-state index in [9.17, 15) is 43.2 Å². The van der Waals surface area contributed by atoms with E-state index in [1.165, 1.54) is 13.8 Å². The molecule has 0 amide bonds. The van der Waals surface area contributed by atoms with Crippen molar-refractivity contribution in [2.75, 3.05) is 0 Å². The van der Waals surface area contributed by atoms with E-state index in [0.29, 0.717) is 5.56 Å². The van der Waals surface area contributed by atoms with E-state index in [0.717, 1.165) is 48.5 Å². The number of hydrogen-bond acceptors (Lipinski definition) is 18. The predicted molar refractivity (Wildman–Crippen MR) is 166 cm³/mol. The molecule has 0 radical (unpaired) electrons. The van der Waals surface area contributed by atoms with E-state index < -0.39 is 103 Å². The van der Waals surface area contributed by atoms with Crippen LogP contribution in [0.15, 0.2) is 30.3 Å². The van der Waals surface area contributed by atoms with Crippen molar-refractivity contribution in [3.63, 3.8) is 0 Å². The molecule has 1 rings (SSSR count). The average molecular weight is 727 g/mol. The van der Waals surface area contributed by atoms with Gasteiger partial charge in [0.2, 0.25) is 0 Å². The van der Waals surface area contributed by atoms with Crippen LogP contribution in [0.25, 0.3) is 0 Å². The molecule has 18 heteroatoms. The molecule has 0 aliphatic rings. The Morgan fingerprint density at radius 1 is 0.392 bits per heavy atom. The van der Waals surface area contributed by atoms with Gasteiger partial charge in [-0.3, -0.25) is 4.79 Å². The standard InChI is InChI=1S/C33H42O18/c1-16(26(35)43-15-25-13-11-10-12-14-25)45-28(37)18(3)47-30(39)20(5)49-32(41)22(7)51-33(42)23(8)50-31(40)21(6)48-29(38)19(4)46-27(36)17(2)44-24(9)34/h10-14,16-23H,15H2,1-9H3. The summed E-state index contributed by atoms with van der Waals surface area (Å²) in [7, 11) is 0. The maximum atomic E-state index is 12.4. The first kappa shape index (κ1) is 43.5. The lowest BCUT2D eigenvalue weighted by molar-refractivity contribution is -0.189. The van der Waals surface area contributed by atoms with Crippen LogP contribution >= 0.6 is 0 Å². The summed E-state index contributed by atoms with van der Waals surface area (Å²) in [5, 5.41) is 0. The first-order valence-corrected chi connectivity index (χ1v) is 15.5. The Hall–Kier alpha value is -5.55. The Labute approximate surface area is 293 Å². The van der Waals surface area contributed by atoms with Crippen LogP contribution in [0.5, 0.6) is 0 Å². The molecular formula is C33H42O18. The number of carbonyl (C=O) groups is 9. The summed E-state index contributed by atoms with van der Waals surface area (Å²) < 4.78 is 44.1. The molecule has 8 atom stereocenters. The van der Waals surface area contributed by atoms with E-state index in [1.54, 1.807) is 30.3 Å². The molecule has 0 fully saturated rings. The van der Waals surface area contributed by atoms with E-state index in [4.69, 9.17) is 37.9 Å². The van der Waals surface area contributed by atoms with Crippen LogP contribution in [0.3, 0.4) is 0 Å². The summed E-state index contributed by atoms with van der Waals surface area (Å²) in [4.78, 5) is 109. The zero-order chi connectivity index (χ0) is 39.0. The molecular weight excluding hydrogens is 684 g/mol. The van der Waals surface area contributed by atoms with Gasteiger partial charge in [-0.25, -0.2) is 38.4 Å². The Morgan fingerprint density at radius 2 is 0.627 bits per heavy atom. The van der Waals surface area contributed by atoms with E-state index in [1.807, 2.05) is 0 Å². The summed E-state index contributed by atoms with van der Waals surface area (Å²) in [6, 6.07) is 8.77. The molecule has 0 aliphatic heterocycles. The van der Waals surface area contributed by atoms with Gasteiger partial charge in [0, 0.05) is 6.92 Å². The maximum Gasteiger partial charge on any atom is 0.347 e. The molecule has 1 aromatic rings. The molecule has 0 aliphatic carbocycles. The van der Waals surface area contributed by atoms with Crippen molar-refractivity contribution >= 4 is 53.7 Å². The Kier molecular flexibility index (Phi) is 17.8. The van der Waals surface area contributed by atoms with Crippen molar-refractivity contribution in [1.82, 2.24) is 0 Å². The molecule has 8 unspecified atom stereocenters. The minimum absolute atomic E-state index is 0.0495. The van der Waals surface area contributed by atoms with Crippen LogP contribution in [-0.2, 0) is 92.4 Å². The van der Waals surface area contributed by atoms with Crippen molar-refractivity contribution in [2.45, 2.75) is 118 Å². The van der Waals surface area contributed by atoms with Gasteiger partial charge in [0.05, 0.1) is 0 Å². The second-order valence-electron chi connectivity index (χ2n) is 10.9. The first-order valence-electron chi connectivity index (χ1n) is 15.5. The normalized spacial score (nSPS) is 15.3. The second kappa shape index (κ2) is 20.8. The SMILES string of the molecule is CC(=O)OC(C)C(=O)OC(C)C(=O)OC(C)C(=O)OC(C)C(=O)OC(C)C(=O)OC(C)C(=O)OC(C)C(=O)OC(C)C(=O)OCc1ccccc1. The molecule has 0 spiro atoms. The van der Waals surface area contributed by atoms with E-state index >= 15 is 0 Å². The first-order chi connectivity index (χ1) is 23.7. The molecule has 51 heavy (non-hydrogen) atoms. The summed E-state index contributed by atoms with van der Waals surface area (Å²) in [5.41, 5.74) is 0.715. The van der Waals surface area contributed by atoms with Gasteiger partial charge < -0.3 is 42.6 Å². The Morgan fingerprint density at radius 3 is 0.882 bits per heavy atom. The van der Waals surface area contributed by atoms with Gasteiger partial charge in [-0.15, -0.1) is 0 Å². The summed E-state index contributed by atoms with van der Waals surface area (Å²) in [5.74, 6) is -9.64. The fraction of sp³-hybridized carbons (Fsp3) is 0.545. The van der Waals surface area contributed by atoms with Crippen LogP contribution in [0.4, 0.5) is 0 Å².